The van der Waals surface area contributed by atoms with Gasteiger partial charge in [-0.2, -0.15) is 0 Å². The van der Waals surface area contributed by atoms with Gasteiger partial charge < -0.3 is 15.1 Å². The maximum Gasteiger partial charge on any atom is 0.319 e. The summed E-state index contributed by atoms with van der Waals surface area (Å²) < 4.78 is 5.41. The number of benzene rings is 2. The molecule has 6 nitrogen and oxygen atoms in total. The highest BCUT2D eigenvalue weighted by atomic mass is 16.4. The number of urea groups is 1. The average molecular weight is 362 g/mol. The Morgan fingerprint density at radius 2 is 1.89 bits per heavy atom. The third-order valence-electron chi connectivity index (χ3n) is 4.84. The molecule has 0 aliphatic heterocycles. The van der Waals surface area contributed by atoms with E-state index >= 15 is 0 Å². The number of carbonyl (C=O) groups is 1. The molecule has 0 saturated heterocycles. The van der Waals surface area contributed by atoms with E-state index in [0.29, 0.717) is 11.8 Å². The molecule has 0 saturated carbocycles. The second kappa shape index (κ2) is 7.61. The summed E-state index contributed by atoms with van der Waals surface area (Å²) in [6.07, 6.45) is 4.30. The highest BCUT2D eigenvalue weighted by Crippen LogP contribution is 2.28. The Kier molecular flexibility index (Phi) is 4.87. The summed E-state index contributed by atoms with van der Waals surface area (Å²) in [5, 5.41) is 13.9. The zero-order chi connectivity index (χ0) is 18.6. The Balaban J connectivity index is 1.42. The van der Waals surface area contributed by atoms with Gasteiger partial charge in [-0.15, -0.1) is 10.2 Å². The molecule has 2 amide bonds. The number of hydrogen-bond donors (Lipinski definition) is 2. The van der Waals surface area contributed by atoms with Crippen LogP contribution < -0.4 is 10.6 Å². The van der Waals surface area contributed by atoms with Crippen LogP contribution in [-0.4, -0.2) is 16.2 Å². The third kappa shape index (κ3) is 4.00. The Bertz CT molecular complexity index is 933. The summed E-state index contributed by atoms with van der Waals surface area (Å²) >= 11 is 0. The maximum absolute atomic E-state index is 12.5. The summed E-state index contributed by atoms with van der Waals surface area (Å²) in [6.45, 7) is 1.75. The lowest BCUT2D eigenvalue weighted by atomic mass is 9.99. The molecule has 4 rings (SSSR count). The van der Waals surface area contributed by atoms with Crippen LogP contribution in [0.1, 0.15) is 42.3 Å². The molecule has 0 spiro atoms. The number of fused-ring (bicyclic) bond motifs is 1. The van der Waals surface area contributed by atoms with Crippen molar-refractivity contribution in [3.63, 3.8) is 0 Å². The minimum absolute atomic E-state index is 0.0457. The topological polar surface area (TPSA) is 80.0 Å². The standard InChI is InChI=1S/C21H22N4O2/c1-14-24-25-20(27-14)16-10-12-17(13-11-16)22-21(26)23-19-9-5-3-7-15-6-2-4-8-18(15)19/h2,4,6,8,10-13,19H,3,5,7,9H2,1H3,(H2,22,23,26)/t19-/m1/s1. The van der Waals surface area contributed by atoms with E-state index in [4.69, 9.17) is 4.42 Å². The van der Waals surface area contributed by atoms with Crippen molar-refractivity contribution >= 4 is 11.7 Å². The average Bonchev–Trinajstić information content (AvgIpc) is 3.01. The van der Waals surface area contributed by atoms with Crippen molar-refractivity contribution in [1.29, 1.82) is 0 Å². The fourth-order valence-corrected chi connectivity index (χ4v) is 3.51. The zero-order valence-corrected chi connectivity index (χ0v) is 15.2. The molecule has 1 heterocycles. The van der Waals surface area contributed by atoms with Crippen LogP contribution in [0, 0.1) is 6.92 Å². The van der Waals surface area contributed by atoms with Gasteiger partial charge >= 0.3 is 6.03 Å². The highest BCUT2D eigenvalue weighted by Gasteiger charge is 2.20. The first-order valence-electron chi connectivity index (χ1n) is 9.25. The Labute approximate surface area is 158 Å². The molecule has 0 unspecified atom stereocenters. The van der Waals surface area contributed by atoms with E-state index in [2.05, 4.69) is 39.0 Å². The normalized spacial score (nSPS) is 16.3. The predicted octanol–water partition coefficient (Wildman–Crippen LogP) is 4.63. The number of aryl methyl sites for hydroxylation is 2. The molecule has 0 fully saturated rings. The largest absolute Gasteiger partial charge is 0.421 e. The van der Waals surface area contributed by atoms with Gasteiger partial charge in [0.2, 0.25) is 11.8 Å². The second-order valence-electron chi connectivity index (χ2n) is 6.80. The van der Waals surface area contributed by atoms with Gasteiger partial charge in [0.1, 0.15) is 0 Å². The van der Waals surface area contributed by atoms with E-state index in [-0.39, 0.29) is 12.1 Å². The molecule has 1 atom stereocenters. The van der Waals surface area contributed by atoms with E-state index < -0.39 is 0 Å². The summed E-state index contributed by atoms with van der Waals surface area (Å²) in [6, 6.07) is 15.6. The summed E-state index contributed by atoms with van der Waals surface area (Å²) in [7, 11) is 0. The first kappa shape index (κ1) is 17.3. The lowest BCUT2D eigenvalue weighted by molar-refractivity contribution is 0.248. The smallest absolute Gasteiger partial charge is 0.319 e. The molecular weight excluding hydrogens is 340 g/mol. The molecule has 2 aromatic carbocycles. The van der Waals surface area contributed by atoms with E-state index in [0.717, 1.165) is 36.9 Å². The molecule has 1 aliphatic rings. The Morgan fingerprint density at radius 3 is 2.67 bits per heavy atom. The number of nitrogens with zero attached hydrogens (tertiary/aromatic N) is 2. The SMILES string of the molecule is Cc1nnc(-c2ccc(NC(=O)N[C@@H]3CCCCc4ccccc43)cc2)o1. The molecule has 138 valence electrons. The Morgan fingerprint density at radius 1 is 1.07 bits per heavy atom. The lowest BCUT2D eigenvalue weighted by Gasteiger charge is -2.19. The molecule has 6 heteroatoms. The van der Waals surface area contributed by atoms with Crippen molar-refractivity contribution in [2.75, 3.05) is 5.32 Å². The van der Waals surface area contributed by atoms with Gasteiger partial charge in [-0.1, -0.05) is 30.7 Å². The van der Waals surface area contributed by atoms with E-state index in [1.807, 2.05) is 30.3 Å². The van der Waals surface area contributed by atoms with Crippen molar-refractivity contribution in [3.8, 4) is 11.5 Å². The number of rotatable bonds is 3. The fraction of sp³-hybridized carbons (Fsp3) is 0.286. The Hall–Kier alpha value is -3.15. The molecule has 3 aromatic rings. The van der Waals surface area contributed by atoms with Crippen LogP contribution in [0.2, 0.25) is 0 Å². The fourth-order valence-electron chi connectivity index (χ4n) is 3.51. The minimum Gasteiger partial charge on any atom is -0.421 e. The van der Waals surface area contributed by atoms with Crippen molar-refractivity contribution in [1.82, 2.24) is 15.5 Å². The number of carbonyl (C=O) groups excluding carboxylic acids is 1. The summed E-state index contributed by atoms with van der Waals surface area (Å²) in [5.74, 6) is 0.994. The molecular formula is C21H22N4O2. The number of amides is 2. The number of hydrogen-bond acceptors (Lipinski definition) is 4. The van der Waals surface area contributed by atoms with Crippen LogP contribution in [0.4, 0.5) is 10.5 Å². The number of anilines is 1. The van der Waals surface area contributed by atoms with Crippen LogP contribution >= 0.6 is 0 Å². The molecule has 0 radical (unpaired) electrons. The van der Waals surface area contributed by atoms with Crippen molar-refractivity contribution in [2.45, 2.75) is 38.6 Å². The van der Waals surface area contributed by atoms with Crippen LogP contribution in [-0.2, 0) is 6.42 Å². The maximum atomic E-state index is 12.5. The van der Waals surface area contributed by atoms with Gasteiger partial charge in [0.05, 0.1) is 6.04 Å². The molecule has 1 aliphatic carbocycles. The van der Waals surface area contributed by atoms with Gasteiger partial charge in [-0.3, -0.25) is 0 Å². The molecule has 27 heavy (non-hydrogen) atoms. The van der Waals surface area contributed by atoms with Crippen molar-refractivity contribution in [3.05, 3.63) is 65.5 Å². The quantitative estimate of drug-likeness (QED) is 0.666. The minimum atomic E-state index is -0.196. The van der Waals surface area contributed by atoms with E-state index in [9.17, 15) is 4.79 Å². The van der Waals surface area contributed by atoms with Gasteiger partial charge in [0.25, 0.3) is 0 Å². The van der Waals surface area contributed by atoms with Crippen LogP contribution in [0.3, 0.4) is 0 Å². The van der Waals surface area contributed by atoms with Gasteiger partial charge in [-0.25, -0.2) is 4.79 Å². The highest BCUT2D eigenvalue weighted by molar-refractivity contribution is 5.89. The predicted molar refractivity (Wildman–Crippen MR) is 103 cm³/mol. The van der Waals surface area contributed by atoms with Crippen molar-refractivity contribution in [2.24, 2.45) is 0 Å². The van der Waals surface area contributed by atoms with Crippen LogP contribution in [0.15, 0.2) is 52.9 Å². The monoisotopic (exact) mass is 362 g/mol. The zero-order valence-electron chi connectivity index (χ0n) is 15.2. The first-order chi connectivity index (χ1) is 13.2. The second-order valence-corrected chi connectivity index (χ2v) is 6.80. The van der Waals surface area contributed by atoms with Crippen LogP contribution in [0.25, 0.3) is 11.5 Å². The number of aromatic nitrogens is 2. The lowest BCUT2D eigenvalue weighted by Crippen LogP contribution is -2.32. The molecule has 2 N–H and O–H groups in total. The van der Waals surface area contributed by atoms with Gasteiger partial charge in [0.15, 0.2) is 0 Å². The molecule has 0 bridgehead atoms. The van der Waals surface area contributed by atoms with Crippen LogP contribution in [0.5, 0.6) is 0 Å². The van der Waals surface area contributed by atoms with E-state index in [1.54, 1.807) is 6.92 Å². The number of nitrogens with one attached hydrogen (secondary N) is 2. The van der Waals surface area contributed by atoms with Gasteiger partial charge in [0, 0.05) is 18.2 Å². The van der Waals surface area contributed by atoms with Gasteiger partial charge in [-0.05, 0) is 54.7 Å². The summed E-state index contributed by atoms with van der Waals surface area (Å²) in [5.41, 5.74) is 4.10. The summed E-state index contributed by atoms with van der Waals surface area (Å²) in [4.78, 5) is 12.5. The van der Waals surface area contributed by atoms with Crippen molar-refractivity contribution < 1.29 is 9.21 Å². The molecule has 1 aromatic heterocycles. The first-order valence-corrected chi connectivity index (χ1v) is 9.25. The van der Waals surface area contributed by atoms with E-state index in [1.165, 1.54) is 11.1 Å². The third-order valence-corrected chi connectivity index (χ3v) is 4.84.